The average molecular weight is 321 g/mol. The van der Waals surface area contributed by atoms with Crippen LogP contribution in [0.15, 0.2) is 36.7 Å². The molecule has 0 N–H and O–H groups in total. The largest absolute Gasteiger partial charge is 0.410 e. The van der Waals surface area contributed by atoms with E-state index in [1.807, 2.05) is 0 Å². The fourth-order valence-corrected chi connectivity index (χ4v) is 2.15. The first-order valence-electron chi connectivity index (χ1n) is 6.40. The molecule has 2 amide bonds. The Balaban J connectivity index is 1.86. The van der Waals surface area contributed by atoms with Crippen LogP contribution in [0.25, 0.3) is 0 Å². The highest BCUT2D eigenvalue weighted by atomic mass is 19.3. The Hall–Kier alpha value is -3.10. The molecule has 0 radical (unpaired) electrons. The molecule has 0 fully saturated rings. The number of imidazole rings is 1. The minimum Gasteiger partial charge on any atom is -0.332 e. The van der Waals surface area contributed by atoms with Crippen LogP contribution in [0.5, 0.6) is 0 Å². The molecule has 0 saturated heterocycles. The van der Waals surface area contributed by atoms with Gasteiger partial charge in [-0.2, -0.15) is 8.78 Å². The summed E-state index contributed by atoms with van der Waals surface area (Å²) < 4.78 is 29.1. The predicted octanol–water partition coefficient (Wildman–Crippen LogP) is 1.27. The van der Waals surface area contributed by atoms with E-state index in [2.05, 4.69) is 9.82 Å². The molecular weight excluding hydrogens is 312 g/mol. The van der Waals surface area contributed by atoms with Gasteiger partial charge in [0.25, 0.3) is 11.8 Å². The van der Waals surface area contributed by atoms with Crippen LogP contribution in [0.3, 0.4) is 0 Å². The molecule has 1 aliphatic heterocycles. The van der Waals surface area contributed by atoms with E-state index in [9.17, 15) is 23.2 Å². The van der Waals surface area contributed by atoms with Gasteiger partial charge in [-0.05, 0) is 12.1 Å². The number of halogens is 2. The summed E-state index contributed by atoms with van der Waals surface area (Å²) in [4.78, 5) is 43.5. The summed E-state index contributed by atoms with van der Waals surface area (Å²) in [5, 5.41) is 0.0316. The summed E-state index contributed by atoms with van der Waals surface area (Å²) in [6, 6.07) is 5.66. The first-order valence-corrected chi connectivity index (χ1v) is 6.40. The minimum atomic E-state index is -4.12. The molecule has 23 heavy (non-hydrogen) atoms. The molecule has 9 heteroatoms. The fraction of sp³-hybridized carbons (Fsp3) is 0.143. The second-order valence-corrected chi connectivity index (χ2v) is 4.77. The minimum absolute atomic E-state index is 0.0226. The second-order valence-electron chi connectivity index (χ2n) is 4.77. The number of nitrogens with zero attached hydrogens (tertiary/aromatic N) is 3. The summed E-state index contributed by atoms with van der Waals surface area (Å²) in [6.45, 7) is 0. The van der Waals surface area contributed by atoms with Gasteiger partial charge in [0.15, 0.2) is 5.82 Å². The number of carbonyl (C=O) groups excluding carboxylic acids is 3. The lowest BCUT2D eigenvalue weighted by Crippen LogP contribution is -2.40. The van der Waals surface area contributed by atoms with Gasteiger partial charge in [-0.15, -0.1) is 0 Å². The van der Waals surface area contributed by atoms with Gasteiger partial charge in [-0.3, -0.25) is 9.59 Å². The molecule has 1 aromatic carbocycles. The van der Waals surface area contributed by atoms with Crippen molar-refractivity contribution in [1.29, 1.82) is 0 Å². The van der Waals surface area contributed by atoms with Crippen molar-refractivity contribution in [3.63, 3.8) is 0 Å². The van der Waals surface area contributed by atoms with Crippen molar-refractivity contribution >= 4 is 17.8 Å². The standard InChI is InChI=1S/C14H9F2N3O4/c1-18-7-6-17-12(18)14(15,16)13(22)23-19-10(20)8-4-2-3-5-9(8)11(19)21/h2-7H,1H3. The first kappa shape index (κ1) is 14.8. The molecule has 0 bridgehead atoms. The molecule has 7 nitrogen and oxygen atoms in total. The van der Waals surface area contributed by atoms with E-state index < -0.39 is 29.5 Å². The number of hydrogen-bond acceptors (Lipinski definition) is 5. The number of benzene rings is 1. The van der Waals surface area contributed by atoms with Crippen molar-refractivity contribution in [3.8, 4) is 0 Å². The third-order valence-corrected chi connectivity index (χ3v) is 3.29. The van der Waals surface area contributed by atoms with Gasteiger partial charge in [0.05, 0.1) is 11.1 Å². The third-order valence-electron chi connectivity index (χ3n) is 3.29. The highest BCUT2D eigenvalue weighted by Gasteiger charge is 2.50. The lowest BCUT2D eigenvalue weighted by atomic mass is 10.1. The van der Waals surface area contributed by atoms with Crippen molar-refractivity contribution in [3.05, 3.63) is 53.6 Å². The molecule has 3 rings (SSSR count). The van der Waals surface area contributed by atoms with Crippen LogP contribution in [0, 0.1) is 0 Å². The number of hydroxylamine groups is 2. The molecule has 2 aromatic rings. The number of amides is 2. The monoisotopic (exact) mass is 321 g/mol. The zero-order valence-corrected chi connectivity index (χ0v) is 11.7. The van der Waals surface area contributed by atoms with Gasteiger partial charge in [-0.25, -0.2) is 9.78 Å². The number of aromatic nitrogens is 2. The van der Waals surface area contributed by atoms with E-state index in [1.165, 1.54) is 37.5 Å². The topological polar surface area (TPSA) is 81.5 Å². The van der Waals surface area contributed by atoms with Crippen LogP contribution in [0.1, 0.15) is 26.5 Å². The number of imide groups is 1. The van der Waals surface area contributed by atoms with Crippen molar-refractivity contribution in [1.82, 2.24) is 14.6 Å². The van der Waals surface area contributed by atoms with Gasteiger partial charge >= 0.3 is 11.9 Å². The van der Waals surface area contributed by atoms with E-state index in [0.29, 0.717) is 0 Å². The number of hydrogen-bond donors (Lipinski definition) is 0. The van der Waals surface area contributed by atoms with Gasteiger partial charge in [0.2, 0.25) is 0 Å². The van der Waals surface area contributed by atoms with Crippen LogP contribution < -0.4 is 0 Å². The zero-order valence-electron chi connectivity index (χ0n) is 11.7. The number of carbonyl (C=O) groups is 3. The van der Waals surface area contributed by atoms with Crippen molar-refractivity contribution in [2.45, 2.75) is 5.92 Å². The number of alkyl halides is 2. The molecule has 0 unspecified atom stereocenters. The van der Waals surface area contributed by atoms with Crippen LogP contribution in [-0.4, -0.2) is 32.4 Å². The molecule has 118 valence electrons. The lowest BCUT2D eigenvalue weighted by molar-refractivity contribution is -0.199. The maximum atomic E-state index is 14.1. The van der Waals surface area contributed by atoms with Crippen molar-refractivity contribution in [2.75, 3.05) is 0 Å². The summed E-state index contributed by atoms with van der Waals surface area (Å²) in [5.41, 5.74) is -0.0452. The Kier molecular flexibility index (Phi) is 3.20. The molecule has 0 aliphatic carbocycles. The Labute approximate surface area is 128 Å². The van der Waals surface area contributed by atoms with Gasteiger partial charge in [0, 0.05) is 19.4 Å². The first-order chi connectivity index (χ1) is 10.8. The Bertz CT molecular complexity index is 796. The number of fused-ring (bicyclic) bond motifs is 1. The Morgan fingerprint density at radius 2 is 1.74 bits per heavy atom. The van der Waals surface area contributed by atoms with E-state index >= 15 is 0 Å². The molecule has 2 heterocycles. The predicted molar refractivity (Wildman–Crippen MR) is 70.1 cm³/mol. The van der Waals surface area contributed by atoms with E-state index in [4.69, 9.17) is 0 Å². The van der Waals surface area contributed by atoms with Crippen LogP contribution in [0.2, 0.25) is 0 Å². The highest BCUT2D eigenvalue weighted by molar-refractivity contribution is 6.20. The number of rotatable bonds is 3. The van der Waals surface area contributed by atoms with Crippen molar-refractivity contribution < 1.29 is 28.0 Å². The molecule has 0 spiro atoms. The second kappa shape index (κ2) is 4.97. The summed E-state index contributed by atoms with van der Waals surface area (Å²) in [6.07, 6.45) is 2.30. The lowest BCUT2D eigenvalue weighted by Gasteiger charge is -2.18. The van der Waals surface area contributed by atoms with E-state index in [1.54, 1.807) is 0 Å². The average Bonchev–Trinajstić information content (AvgIpc) is 3.06. The van der Waals surface area contributed by atoms with Gasteiger partial charge in [-0.1, -0.05) is 17.2 Å². The SMILES string of the molecule is Cn1ccnc1C(F)(F)C(=O)ON1C(=O)c2ccccc2C1=O. The quantitative estimate of drug-likeness (QED) is 0.795. The molecule has 1 aliphatic rings. The van der Waals surface area contributed by atoms with Crippen LogP contribution >= 0.6 is 0 Å². The van der Waals surface area contributed by atoms with Gasteiger partial charge in [0.1, 0.15) is 0 Å². The molecule has 0 atom stereocenters. The summed E-state index contributed by atoms with van der Waals surface area (Å²) in [7, 11) is 1.27. The molecule has 0 saturated carbocycles. The zero-order chi connectivity index (χ0) is 16.8. The molecular formula is C14H9F2N3O4. The van der Waals surface area contributed by atoms with Gasteiger partial charge < -0.3 is 9.40 Å². The smallest absolute Gasteiger partial charge is 0.332 e. The summed E-state index contributed by atoms with van der Waals surface area (Å²) >= 11 is 0. The van der Waals surface area contributed by atoms with Crippen LogP contribution in [0.4, 0.5) is 8.78 Å². The highest BCUT2D eigenvalue weighted by Crippen LogP contribution is 2.30. The maximum Gasteiger partial charge on any atom is 0.410 e. The van der Waals surface area contributed by atoms with Crippen molar-refractivity contribution in [2.24, 2.45) is 7.05 Å². The number of aryl methyl sites for hydroxylation is 1. The van der Waals surface area contributed by atoms with E-state index in [-0.39, 0.29) is 16.2 Å². The van der Waals surface area contributed by atoms with E-state index in [0.717, 1.165) is 10.8 Å². The summed E-state index contributed by atoms with van der Waals surface area (Å²) in [5.74, 6) is -9.00. The van der Waals surface area contributed by atoms with Crippen LogP contribution in [-0.2, 0) is 22.6 Å². The Morgan fingerprint density at radius 3 is 2.22 bits per heavy atom. The fourth-order valence-electron chi connectivity index (χ4n) is 2.15. The maximum absolute atomic E-state index is 14.1. The Morgan fingerprint density at radius 1 is 1.17 bits per heavy atom. The molecule has 1 aromatic heterocycles. The third kappa shape index (κ3) is 2.17. The normalized spacial score (nSPS) is 14.1.